The molecule has 0 amide bonds. The molecular formula is C15H22N2O6S. The lowest BCUT2D eigenvalue weighted by molar-refractivity contribution is -0.384. The zero-order valence-corrected chi connectivity index (χ0v) is 14.5. The topological polar surface area (TPSA) is 127 Å². The first-order valence-corrected chi connectivity index (χ1v) is 9.19. The summed E-state index contributed by atoms with van der Waals surface area (Å²) in [5.74, 6) is -1.85. The molecule has 2 N–H and O–H groups in total. The van der Waals surface area contributed by atoms with Crippen LogP contribution >= 0.6 is 0 Å². The maximum absolute atomic E-state index is 12.0. The predicted molar refractivity (Wildman–Crippen MR) is 89.2 cm³/mol. The van der Waals surface area contributed by atoms with E-state index in [0.29, 0.717) is 12.0 Å². The molecule has 0 bridgehead atoms. The molecule has 0 saturated carbocycles. The molecule has 1 aromatic carbocycles. The van der Waals surface area contributed by atoms with Crippen molar-refractivity contribution in [2.75, 3.05) is 12.3 Å². The highest BCUT2D eigenvalue weighted by molar-refractivity contribution is 7.89. The number of aliphatic carboxylic acids is 1. The van der Waals surface area contributed by atoms with Gasteiger partial charge in [-0.25, -0.2) is 13.1 Å². The van der Waals surface area contributed by atoms with Gasteiger partial charge in [-0.1, -0.05) is 26.0 Å². The van der Waals surface area contributed by atoms with Crippen LogP contribution in [-0.4, -0.2) is 36.7 Å². The lowest BCUT2D eigenvalue weighted by Crippen LogP contribution is -2.35. The number of hydrogen-bond acceptors (Lipinski definition) is 5. The molecule has 0 radical (unpaired) electrons. The smallest absolute Gasteiger partial charge is 0.307 e. The van der Waals surface area contributed by atoms with Gasteiger partial charge in [0.1, 0.15) is 0 Å². The summed E-state index contributed by atoms with van der Waals surface area (Å²) in [6, 6.07) is 5.65. The van der Waals surface area contributed by atoms with Crippen molar-refractivity contribution in [1.29, 1.82) is 0 Å². The van der Waals surface area contributed by atoms with Crippen molar-refractivity contribution >= 4 is 21.7 Å². The van der Waals surface area contributed by atoms with Gasteiger partial charge in [-0.05, 0) is 24.3 Å². The van der Waals surface area contributed by atoms with Crippen LogP contribution in [0.3, 0.4) is 0 Å². The molecule has 0 aromatic heterocycles. The van der Waals surface area contributed by atoms with Gasteiger partial charge in [-0.3, -0.25) is 14.9 Å². The average molecular weight is 358 g/mol. The molecular weight excluding hydrogens is 336 g/mol. The molecule has 1 aromatic rings. The molecule has 0 aliphatic rings. The van der Waals surface area contributed by atoms with E-state index < -0.39 is 26.8 Å². The molecule has 24 heavy (non-hydrogen) atoms. The summed E-state index contributed by atoms with van der Waals surface area (Å²) in [5, 5.41) is 19.7. The van der Waals surface area contributed by atoms with Crippen molar-refractivity contribution in [2.24, 2.45) is 11.8 Å². The highest BCUT2D eigenvalue weighted by Gasteiger charge is 2.21. The van der Waals surface area contributed by atoms with Gasteiger partial charge in [0.2, 0.25) is 10.0 Å². The van der Waals surface area contributed by atoms with Crippen LogP contribution in [-0.2, 0) is 21.2 Å². The van der Waals surface area contributed by atoms with Gasteiger partial charge >= 0.3 is 5.97 Å². The molecule has 0 aliphatic carbocycles. The summed E-state index contributed by atoms with van der Waals surface area (Å²) >= 11 is 0. The SMILES string of the molecule is CC(C)CC(CNS(=O)(=O)CCc1ccc([N+](=O)[O-])cc1)C(=O)O. The van der Waals surface area contributed by atoms with E-state index in [0.717, 1.165) is 0 Å². The second-order valence-corrected chi connectivity index (χ2v) is 7.93. The summed E-state index contributed by atoms with van der Waals surface area (Å²) in [7, 11) is -3.62. The van der Waals surface area contributed by atoms with Crippen LogP contribution in [0, 0.1) is 22.0 Å². The Labute approximate surface area is 141 Å². The van der Waals surface area contributed by atoms with Crippen molar-refractivity contribution in [2.45, 2.75) is 26.7 Å². The van der Waals surface area contributed by atoms with Gasteiger partial charge in [-0.2, -0.15) is 0 Å². The Balaban J connectivity index is 2.56. The molecule has 0 heterocycles. The number of carbonyl (C=O) groups is 1. The van der Waals surface area contributed by atoms with E-state index in [1.807, 2.05) is 13.8 Å². The van der Waals surface area contributed by atoms with Crippen LogP contribution in [0.1, 0.15) is 25.8 Å². The Morgan fingerprint density at radius 3 is 2.33 bits per heavy atom. The normalized spacial score (nSPS) is 13.0. The first-order chi connectivity index (χ1) is 11.1. The quantitative estimate of drug-likeness (QED) is 0.485. The van der Waals surface area contributed by atoms with Crippen LogP contribution in [0.5, 0.6) is 0 Å². The lowest BCUT2D eigenvalue weighted by atomic mass is 9.98. The maximum atomic E-state index is 12.0. The fourth-order valence-electron chi connectivity index (χ4n) is 2.18. The maximum Gasteiger partial charge on any atom is 0.307 e. The fraction of sp³-hybridized carbons (Fsp3) is 0.533. The molecule has 8 nitrogen and oxygen atoms in total. The third-order valence-electron chi connectivity index (χ3n) is 3.46. The third-order valence-corrected chi connectivity index (χ3v) is 4.81. The fourth-order valence-corrected chi connectivity index (χ4v) is 3.28. The molecule has 0 fully saturated rings. The molecule has 0 spiro atoms. The van der Waals surface area contributed by atoms with Crippen LogP contribution in [0.15, 0.2) is 24.3 Å². The highest BCUT2D eigenvalue weighted by Crippen LogP contribution is 2.13. The molecule has 1 atom stereocenters. The Morgan fingerprint density at radius 1 is 1.29 bits per heavy atom. The second kappa shape index (κ2) is 8.74. The molecule has 134 valence electrons. The zero-order valence-electron chi connectivity index (χ0n) is 13.6. The lowest BCUT2D eigenvalue weighted by Gasteiger charge is -2.15. The Bertz CT molecular complexity index is 670. The summed E-state index contributed by atoms with van der Waals surface area (Å²) < 4.78 is 26.3. The standard InChI is InChI=1S/C15H22N2O6S/c1-11(2)9-13(15(18)19)10-16-24(22,23)8-7-12-3-5-14(6-4-12)17(20)21/h3-6,11,13,16H,7-10H2,1-2H3,(H,18,19). The molecule has 0 saturated heterocycles. The number of non-ortho nitro benzene ring substituents is 1. The molecule has 1 unspecified atom stereocenters. The average Bonchev–Trinajstić information content (AvgIpc) is 2.49. The van der Waals surface area contributed by atoms with E-state index in [4.69, 9.17) is 5.11 Å². The first kappa shape index (κ1) is 20.0. The van der Waals surface area contributed by atoms with Crippen molar-refractivity contribution in [3.63, 3.8) is 0 Å². The second-order valence-electron chi connectivity index (χ2n) is 6.01. The zero-order chi connectivity index (χ0) is 18.3. The summed E-state index contributed by atoms with van der Waals surface area (Å²) in [6.07, 6.45) is 0.579. The van der Waals surface area contributed by atoms with Gasteiger partial charge in [0, 0.05) is 18.7 Å². The van der Waals surface area contributed by atoms with Gasteiger partial charge in [0.15, 0.2) is 0 Å². The van der Waals surface area contributed by atoms with Crippen LogP contribution in [0.4, 0.5) is 5.69 Å². The van der Waals surface area contributed by atoms with E-state index in [9.17, 15) is 23.3 Å². The summed E-state index contributed by atoms with van der Waals surface area (Å²) in [6.45, 7) is 3.61. The van der Waals surface area contributed by atoms with Crippen LogP contribution in [0.25, 0.3) is 0 Å². The van der Waals surface area contributed by atoms with E-state index in [1.54, 1.807) is 0 Å². The van der Waals surface area contributed by atoms with Crippen LogP contribution < -0.4 is 4.72 Å². The number of carboxylic acids is 1. The minimum absolute atomic E-state index is 0.0577. The van der Waals surface area contributed by atoms with Crippen molar-refractivity contribution in [1.82, 2.24) is 4.72 Å². The number of nitrogens with one attached hydrogen (secondary N) is 1. The number of rotatable bonds is 10. The predicted octanol–water partition coefficient (Wildman–Crippen LogP) is 1.80. The number of nitro benzene ring substituents is 1. The van der Waals surface area contributed by atoms with Crippen molar-refractivity contribution in [3.05, 3.63) is 39.9 Å². The summed E-state index contributed by atoms with van der Waals surface area (Å²) in [4.78, 5) is 21.2. The largest absolute Gasteiger partial charge is 0.481 e. The molecule has 1 rings (SSSR count). The minimum atomic E-state index is -3.62. The number of sulfonamides is 1. The highest BCUT2D eigenvalue weighted by atomic mass is 32.2. The molecule has 9 heteroatoms. The molecule has 0 aliphatic heterocycles. The van der Waals surface area contributed by atoms with Gasteiger partial charge in [0.25, 0.3) is 5.69 Å². The third kappa shape index (κ3) is 7.05. The Hall–Kier alpha value is -2.00. The van der Waals surface area contributed by atoms with Crippen molar-refractivity contribution in [3.8, 4) is 0 Å². The summed E-state index contributed by atoms with van der Waals surface area (Å²) in [5.41, 5.74) is 0.598. The van der Waals surface area contributed by atoms with Gasteiger partial charge in [0.05, 0.1) is 16.6 Å². The van der Waals surface area contributed by atoms with E-state index >= 15 is 0 Å². The Kier molecular flexibility index (Phi) is 7.30. The monoisotopic (exact) mass is 358 g/mol. The van der Waals surface area contributed by atoms with E-state index in [-0.39, 0.29) is 30.3 Å². The number of carboxylic acid groups (broad SMARTS) is 1. The van der Waals surface area contributed by atoms with Gasteiger partial charge < -0.3 is 5.11 Å². The minimum Gasteiger partial charge on any atom is -0.481 e. The van der Waals surface area contributed by atoms with Gasteiger partial charge in [-0.15, -0.1) is 0 Å². The van der Waals surface area contributed by atoms with E-state index in [1.165, 1.54) is 24.3 Å². The number of hydrogen-bond donors (Lipinski definition) is 2. The first-order valence-electron chi connectivity index (χ1n) is 7.54. The Morgan fingerprint density at radius 2 is 1.88 bits per heavy atom. The van der Waals surface area contributed by atoms with Crippen molar-refractivity contribution < 1.29 is 23.2 Å². The number of nitrogens with zero attached hydrogens (tertiary/aromatic N) is 1. The number of nitro groups is 1. The van der Waals surface area contributed by atoms with E-state index in [2.05, 4.69) is 4.72 Å². The van der Waals surface area contributed by atoms with Crippen LogP contribution in [0.2, 0.25) is 0 Å². The number of aryl methyl sites for hydroxylation is 1. The number of benzene rings is 1.